The van der Waals surface area contributed by atoms with Gasteiger partial charge in [-0.15, -0.1) is 0 Å². The number of anilines is 2. The summed E-state index contributed by atoms with van der Waals surface area (Å²) in [5, 5.41) is 25.7. The summed E-state index contributed by atoms with van der Waals surface area (Å²) in [5.74, 6) is -1.65. The molecule has 13 rings (SSSR count). The minimum atomic E-state index is -1.00. The molecule has 1 unspecified atom stereocenters. The van der Waals surface area contributed by atoms with Crippen molar-refractivity contribution in [3.05, 3.63) is 76.3 Å². The first kappa shape index (κ1) is 53.3. The van der Waals surface area contributed by atoms with Crippen molar-refractivity contribution in [2.45, 2.75) is 127 Å². The number of aromatic nitrogens is 5. The Bertz CT molecular complexity index is 3570. The molecule has 0 bridgehead atoms. The topological polar surface area (TPSA) is 204 Å². The van der Waals surface area contributed by atoms with Crippen LogP contribution < -0.4 is 25.5 Å². The number of fused-ring (bicyclic) bond motifs is 4. The van der Waals surface area contributed by atoms with Gasteiger partial charge in [-0.2, -0.15) is 9.97 Å². The number of pyridine rings is 1. The van der Waals surface area contributed by atoms with Crippen molar-refractivity contribution in [1.29, 1.82) is 0 Å². The number of rotatable bonds is 11. The van der Waals surface area contributed by atoms with Crippen LogP contribution in [0.5, 0.6) is 11.8 Å². The predicted octanol–water partition coefficient (Wildman–Crippen LogP) is 6.95. The fraction of sp³-hybridized carbons (Fsp3) is 0.550. The number of imide groups is 1. The van der Waals surface area contributed by atoms with Gasteiger partial charge in [-0.3, -0.25) is 38.8 Å². The number of aromatic hydroxyl groups is 1. The number of β-amino-alcohol motifs (C(OH)–C–C–N with tert-alkyl or cyclic N) is 1. The van der Waals surface area contributed by atoms with E-state index in [-0.39, 0.29) is 89.4 Å². The number of nitrogens with zero attached hydrogens (tertiary/aromatic N) is 10. The van der Waals surface area contributed by atoms with Gasteiger partial charge in [0.05, 0.1) is 27.6 Å². The van der Waals surface area contributed by atoms with Crippen LogP contribution in [0.15, 0.2) is 53.5 Å². The number of benzene rings is 3. The van der Waals surface area contributed by atoms with Crippen molar-refractivity contribution in [3.8, 4) is 23.0 Å². The molecule has 3 aromatic heterocycles. The van der Waals surface area contributed by atoms with Crippen LogP contribution in [0, 0.1) is 17.0 Å². The van der Waals surface area contributed by atoms with Crippen LogP contribution in [0.2, 0.25) is 0 Å². The lowest BCUT2D eigenvalue weighted by Gasteiger charge is -2.57. The number of piperidine rings is 4. The second kappa shape index (κ2) is 20.5. The predicted molar refractivity (Wildman–Crippen MR) is 300 cm³/mol. The highest BCUT2D eigenvalue weighted by molar-refractivity contribution is 6.02. The maximum Gasteiger partial charge on any atom is 0.409 e. The molecule has 0 radical (unpaired) electrons. The summed E-state index contributed by atoms with van der Waals surface area (Å²) in [4.78, 5) is 76.9. The summed E-state index contributed by atoms with van der Waals surface area (Å²) in [7, 11) is 1.73. The largest absolute Gasteiger partial charge is 0.508 e. The number of phenolic OH excluding ortho intramolecular Hbond substituents is 1. The fourth-order valence-corrected chi connectivity index (χ4v) is 15.0. The van der Waals surface area contributed by atoms with Gasteiger partial charge in [0, 0.05) is 95.4 Å². The van der Waals surface area contributed by atoms with Gasteiger partial charge in [0.1, 0.15) is 47.9 Å². The second-order valence-corrected chi connectivity index (χ2v) is 24.5. The van der Waals surface area contributed by atoms with Gasteiger partial charge in [-0.1, -0.05) is 13.0 Å². The lowest BCUT2D eigenvalue weighted by Crippen LogP contribution is -2.64. The Balaban J connectivity index is 0.623. The van der Waals surface area contributed by atoms with E-state index in [1.807, 2.05) is 34.9 Å². The van der Waals surface area contributed by atoms with Gasteiger partial charge in [0.15, 0.2) is 5.82 Å². The summed E-state index contributed by atoms with van der Waals surface area (Å²) in [6.07, 6.45) is 10.7. The number of aryl methyl sites for hydroxylation is 2. The smallest absolute Gasteiger partial charge is 0.409 e. The molecule has 10 heterocycles. The highest BCUT2D eigenvalue weighted by Crippen LogP contribution is 2.46. The first-order chi connectivity index (χ1) is 39.0. The maximum absolute atomic E-state index is 17.3. The number of ether oxygens (including phenoxy) is 2. The standard InChI is InChI=1S/C60H71F2N11O8/c1-4-41-44(61)9-7-36-27-40(74)29-42(49(36)41)51-50(62)52-43(30-63-51)53(70-21-5-16-58(2,79)32-70)66-55(65-52)81-35-60-17-6-22-72(60)39(13-18-60)31-80-57(78)69-23-14-37(15-24-69)71-33-59(34-71)19-25-68(26-20-59)38-8-10-45-47(28-38)67(3)56(77)73(45)46-11-12-48(75)64-54(46)76/h7-10,27-30,37,39,46,74,79H,4-6,11-26,31-35H2,1-3H3,(H,64,75,76)/t39-,46?,58+,60-/m0/s1. The Morgan fingerprint density at radius 3 is 2.42 bits per heavy atom. The van der Waals surface area contributed by atoms with Gasteiger partial charge >= 0.3 is 17.8 Å². The molecule has 4 atom stereocenters. The molecule has 6 aromatic rings. The zero-order valence-electron chi connectivity index (χ0n) is 46.4. The van der Waals surface area contributed by atoms with E-state index in [4.69, 9.17) is 19.4 Å². The molecular formula is C60H71F2N11O8. The van der Waals surface area contributed by atoms with Crippen LogP contribution in [0.1, 0.15) is 103 Å². The highest BCUT2D eigenvalue weighted by Gasteiger charge is 2.51. The molecule has 0 saturated carbocycles. The Labute approximate surface area is 467 Å². The first-order valence-electron chi connectivity index (χ1n) is 29.1. The van der Waals surface area contributed by atoms with E-state index in [0.717, 1.165) is 95.3 Å². The van der Waals surface area contributed by atoms with E-state index in [2.05, 4.69) is 25.0 Å². The molecule has 3 N–H and O–H groups in total. The van der Waals surface area contributed by atoms with E-state index < -0.39 is 29.2 Å². The highest BCUT2D eigenvalue weighted by atomic mass is 19.1. The molecule has 3 amide bonds. The average molecular weight is 1110 g/mol. The summed E-state index contributed by atoms with van der Waals surface area (Å²) in [6.45, 7) is 11.0. The maximum atomic E-state index is 17.3. The summed E-state index contributed by atoms with van der Waals surface area (Å²) in [6, 6.07) is 11.6. The van der Waals surface area contributed by atoms with E-state index in [9.17, 15) is 29.4 Å². The van der Waals surface area contributed by atoms with Crippen molar-refractivity contribution < 1.29 is 42.9 Å². The first-order valence-corrected chi connectivity index (χ1v) is 29.1. The molecule has 428 valence electrons. The Morgan fingerprint density at radius 2 is 1.65 bits per heavy atom. The van der Waals surface area contributed by atoms with Gasteiger partial charge in [-0.25, -0.2) is 18.4 Å². The number of likely N-dealkylation sites (tertiary alicyclic amines) is 2. The number of nitrogens with one attached hydrogen (secondary N) is 1. The third kappa shape index (κ3) is 9.49. The van der Waals surface area contributed by atoms with Crippen molar-refractivity contribution in [2.75, 3.05) is 81.9 Å². The monoisotopic (exact) mass is 1110 g/mol. The van der Waals surface area contributed by atoms with Gasteiger partial charge < -0.3 is 34.4 Å². The summed E-state index contributed by atoms with van der Waals surface area (Å²) >= 11 is 0. The van der Waals surface area contributed by atoms with Gasteiger partial charge in [-0.05, 0) is 149 Å². The number of halogens is 2. The summed E-state index contributed by atoms with van der Waals surface area (Å²) < 4.78 is 48.3. The number of carbonyl (C=O) groups excluding carboxylic acids is 3. The van der Waals surface area contributed by atoms with Crippen LogP contribution >= 0.6 is 0 Å². The molecule has 3 aromatic carbocycles. The number of amides is 3. The van der Waals surface area contributed by atoms with Crippen molar-refractivity contribution in [2.24, 2.45) is 12.5 Å². The van der Waals surface area contributed by atoms with E-state index in [1.54, 1.807) is 24.6 Å². The number of hydrogen-bond donors (Lipinski definition) is 3. The Morgan fingerprint density at radius 1 is 0.864 bits per heavy atom. The SMILES string of the molecule is CCc1c(F)ccc2cc(O)cc(-c3ncc4c(N5CCC[C@@](C)(O)C5)nc(OC[C@@]56CCCN5[C@H](COC(=O)N5CCC(N7CC8(CCN(c9ccc%10c(c9)n(C)c(=O)n%10C9CCC(=O)NC9=O)CC8)C7)CC5)CC6)nc4c3F)c12. The van der Waals surface area contributed by atoms with Crippen LogP contribution in [0.25, 0.3) is 44.0 Å². The van der Waals surface area contributed by atoms with Crippen LogP contribution in [-0.2, 0) is 27.8 Å². The minimum absolute atomic E-state index is 0.00886. The molecule has 7 saturated heterocycles. The third-order valence-electron chi connectivity index (χ3n) is 19.4. The quantitative estimate of drug-likeness (QED) is 0.112. The second-order valence-electron chi connectivity index (χ2n) is 24.5. The number of carbonyl (C=O) groups is 3. The van der Waals surface area contributed by atoms with Gasteiger partial charge in [0.25, 0.3) is 0 Å². The zero-order valence-corrected chi connectivity index (χ0v) is 46.4. The summed E-state index contributed by atoms with van der Waals surface area (Å²) in [5.41, 5.74) is 1.65. The van der Waals surface area contributed by atoms with E-state index >= 15 is 8.78 Å². The van der Waals surface area contributed by atoms with E-state index in [0.29, 0.717) is 84.4 Å². The fourth-order valence-electron chi connectivity index (χ4n) is 15.0. The van der Waals surface area contributed by atoms with Crippen LogP contribution in [-0.4, -0.2) is 162 Å². The molecule has 7 aliphatic heterocycles. The normalized spacial score (nSPS) is 25.5. The van der Waals surface area contributed by atoms with Crippen LogP contribution in [0.4, 0.5) is 25.1 Å². The molecular weight excluding hydrogens is 1040 g/mol. The number of hydrogen-bond acceptors (Lipinski definition) is 15. The van der Waals surface area contributed by atoms with Crippen LogP contribution in [0.3, 0.4) is 0 Å². The molecule has 1 spiro atoms. The third-order valence-corrected chi connectivity index (χ3v) is 19.4. The van der Waals surface area contributed by atoms with E-state index in [1.165, 1.54) is 29.0 Å². The van der Waals surface area contributed by atoms with Crippen molar-refractivity contribution in [1.82, 2.24) is 44.1 Å². The molecule has 7 fully saturated rings. The lowest BCUT2D eigenvalue weighted by molar-refractivity contribution is -0.135. The van der Waals surface area contributed by atoms with Crippen molar-refractivity contribution in [3.63, 3.8) is 0 Å². The Kier molecular flexibility index (Phi) is 13.5. The number of imidazole rings is 1. The molecule has 0 aliphatic carbocycles. The molecule has 21 heteroatoms. The zero-order chi connectivity index (χ0) is 56.1. The molecule has 7 aliphatic rings. The average Bonchev–Trinajstić information content (AvgIpc) is 4.32. The number of aliphatic hydroxyl groups is 1. The number of phenols is 1. The lowest BCUT2D eigenvalue weighted by atomic mass is 9.71. The van der Waals surface area contributed by atoms with Crippen molar-refractivity contribution >= 4 is 62.1 Å². The molecule has 19 nitrogen and oxygen atoms in total. The Hall–Kier alpha value is -6.97. The molecule has 81 heavy (non-hydrogen) atoms. The van der Waals surface area contributed by atoms with Gasteiger partial charge in [0.2, 0.25) is 11.8 Å². The minimum Gasteiger partial charge on any atom is -0.508 e.